The first-order valence-corrected chi connectivity index (χ1v) is 16.4. The summed E-state index contributed by atoms with van der Waals surface area (Å²) in [7, 11) is 0. The Bertz CT molecular complexity index is 1490. The Hall–Kier alpha value is -3.42. The molecule has 2 fully saturated rings. The van der Waals surface area contributed by atoms with Gasteiger partial charge in [-0.15, -0.1) is 0 Å². The van der Waals surface area contributed by atoms with Crippen molar-refractivity contribution in [3.8, 4) is 16.9 Å². The molecule has 254 valence electrons. The Balaban J connectivity index is 1.20. The average molecular weight is 650 g/mol. The van der Waals surface area contributed by atoms with Crippen LogP contribution < -0.4 is 15.4 Å². The van der Waals surface area contributed by atoms with E-state index in [1.54, 1.807) is 0 Å². The van der Waals surface area contributed by atoms with E-state index in [4.69, 9.17) is 9.84 Å². The molecule has 0 radical (unpaired) electrons. The molecule has 11 nitrogen and oxygen atoms in total. The SMILES string of the molecule is Cc1ccc(C(CO)CCCNC(=O)C(O)C(O)C(O)C(O)CO)cc1CNC1(c2cnccc2-c2ccccc2OC2CC2)CC1. The number of carbonyl (C=O) groups is 1. The lowest BCUT2D eigenvalue weighted by atomic mass is 9.91. The van der Waals surface area contributed by atoms with Crippen molar-refractivity contribution in [2.24, 2.45) is 0 Å². The minimum atomic E-state index is -1.98. The van der Waals surface area contributed by atoms with Gasteiger partial charge in [-0.1, -0.05) is 36.4 Å². The van der Waals surface area contributed by atoms with Crippen LogP contribution in [0.5, 0.6) is 5.75 Å². The molecule has 1 amide bonds. The van der Waals surface area contributed by atoms with Crippen LogP contribution >= 0.6 is 0 Å². The lowest BCUT2D eigenvalue weighted by Gasteiger charge is -2.25. The number of ether oxygens (including phenoxy) is 1. The summed E-state index contributed by atoms with van der Waals surface area (Å²) in [5.41, 5.74) is 6.41. The number of hydrogen-bond acceptors (Lipinski definition) is 10. The molecule has 5 rings (SSSR count). The van der Waals surface area contributed by atoms with Gasteiger partial charge in [0, 0.05) is 49.1 Å². The minimum Gasteiger partial charge on any atom is -0.490 e. The molecule has 11 heteroatoms. The molecule has 0 saturated heterocycles. The summed E-state index contributed by atoms with van der Waals surface area (Å²) in [5.74, 6) is -0.177. The maximum absolute atomic E-state index is 12.2. The number of nitrogens with zero attached hydrogens (tertiary/aromatic N) is 1. The molecule has 5 unspecified atom stereocenters. The maximum atomic E-state index is 12.2. The third-order valence-corrected chi connectivity index (χ3v) is 9.32. The van der Waals surface area contributed by atoms with E-state index in [2.05, 4.69) is 46.8 Å². The zero-order valence-electron chi connectivity index (χ0n) is 26.8. The van der Waals surface area contributed by atoms with Crippen molar-refractivity contribution < 1.29 is 40.2 Å². The summed E-state index contributed by atoms with van der Waals surface area (Å²) >= 11 is 0. The van der Waals surface area contributed by atoms with E-state index in [0.717, 1.165) is 64.8 Å². The molecule has 5 atom stereocenters. The Morgan fingerprint density at radius 2 is 1.77 bits per heavy atom. The molecule has 0 aliphatic heterocycles. The molecule has 1 aromatic heterocycles. The van der Waals surface area contributed by atoms with Gasteiger partial charge >= 0.3 is 0 Å². The number of hydrogen-bond donors (Lipinski definition) is 8. The first kappa shape index (κ1) is 34.9. The summed E-state index contributed by atoms with van der Waals surface area (Å²) in [5, 5.41) is 64.6. The molecular formula is C36H47N3O8. The fraction of sp³-hybridized carbons (Fsp3) is 0.500. The average Bonchev–Trinajstić information content (AvgIpc) is 4.04. The fourth-order valence-corrected chi connectivity index (χ4v) is 5.94. The van der Waals surface area contributed by atoms with E-state index >= 15 is 0 Å². The lowest BCUT2D eigenvalue weighted by molar-refractivity contribution is -0.148. The summed E-state index contributed by atoms with van der Waals surface area (Å²) < 4.78 is 6.25. The van der Waals surface area contributed by atoms with Crippen molar-refractivity contribution in [1.82, 2.24) is 15.6 Å². The van der Waals surface area contributed by atoms with Gasteiger partial charge in [0.15, 0.2) is 6.10 Å². The number of amides is 1. The fourth-order valence-electron chi connectivity index (χ4n) is 5.94. The predicted molar refractivity (Wildman–Crippen MR) is 175 cm³/mol. The lowest BCUT2D eigenvalue weighted by Crippen LogP contribution is -2.51. The van der Waals surface area contributed by atoms with E-state index in [0.29, 0.717) is 25.5 Å². The zero-order valence-corrected chi connectivity index (χ0v) is 26.8. The molecule has 2 aliphatic carbocycles. The quantitative estimate of drug-likeness (QED) is 0.0946. The van der Waals surface area contributed by atoms with Crippen molar-refractivity contribution in [3.63, 3.8) is 0 Å². The van der Waals surface area contributed by atoms with Gasteiger partial charge in [0.1, 0.15) is 24.1 Å². The third-order valence-electron chi connectivity index (χ3n) is 9.32. The number of pyridine rings is 1. The Morgan fingerprint density at radius 3 is 2.47 bits per heavy atom. The monoisotopic (exact) mass is 649 g/mol. The highest BCUT2D eigenvalue weighted by Gasteiger charge is 2.46. The molecule has 2 aliphatic rings. The largest absolute Gasteiger partial charge is 0.490 e. The number of rotatable bonds is 18. The molecule has 8 N–H and O–H groups in total. The van der Waals surface area contributed by atoms with Crippen molar-refractivity contribution in [3.05, 3.63) is 83.2 Å². The van der Waals surface area contributed by atoms with Crippen molar-refractivity contribution in [1.29, 1.82) is 0 Å². The van der Waals surface area contributed by atoms with Gasteiger partial charge in [-0.25, -0.2) is 0 Å². The number of aromatic nitrogens is 1. The van der Waals surface area contributed by atoms with Gasteiger partial charge in [-0.2, -0.15) is 0 Å². The number of nitrogens with one attached hydrogen (secondary N) is 2. The molecule has 0 bridgehead atoms. The minimum absolute atomic E-state index is 0.0816. The third kappa shape index (κ3) is 8.55. The van der Waals surface area contributed by atoms with Crippen LogP contribution in [-0.4, -0.2) is 91.8 Å². The normalized spacial score (nSPS) is 18.5. The molecule has 1 heterocycles. The predicted octanol–water partition coefficient (Wildman–Crippen LogP) is 1.79. The van der Waals surface area contributed by atoms with Crippen LogP contribution in [0.25, 0.3) is 11.1 Å². The van der Waals surface area contributed by atoms with Gasteiger partial charge in [-0.05, 0) is 85.4 Å². The number of para-hydroxylation sites is 1. The Morgan fingerprint density at radius 1 is 1.00 bits per heavy atom. The van der Waals surface area contributed by atoms with Crippen LogP contribution in [-0.2, 0) is 16.9 Å². The summed E-state index contributed by atoms with van der Waals surface area (Å²) in [6.07, 6.45) is 1.81. The van der Waals surface area contributed by atoms with E-state index in [9.17, 15) is 30.3 Å². The summed E-state index contributed by atoms with van der Waals surface area (Å²) in [4.78, 5) is 16.7. The van der Waals surface area contributed by atoms with Crippen molar-refractivity contribution >= 4 is 5.91 Å². The van der Waals surface area contributed by atoms with Crippen LogP contribution in [0.2, 0.25) is 0 Å². The van der Waals surface area contributed by atoms with Gasteiger partial charge in [0.25, 0.3) is 5.91 Å². The number of benzene rings is 2. The van der Waals surface area contributed by atoms with E-state index in [1.807, 2.05) is 36.7 Å². The molecule has 3 aromatic rings. The van der Waals surface area contributed by atoms with Crippen molar-refractivity contribution in [2.75, 3.05) is 19.8 Å². The first-order chi connectivity index (χ1) is 22.7. The highest BCUT2D eigenvalue weighted by atomic mass is 16.5. The topological polar surface area (TPSA) is 185 Å². The zero-order chi connectivity index (χ0) is 33.6. The number of aliphatic hydroxyl groups excluding tert-OH is 6. The van der Waals surface area contributed by atoms with Gasteiger partial charge in [-0.3, -0.25) is 9.78 Å². The Labute approximate surface area is 275 Å². The second-order valence-corrected chi connectivity index (χ2v) is 12.8. The number of aliphatic hydroxyl groups is 6. The molecular weight excluding hydrogens is 602 g/mol. The van der Waals surface area contributed by atoms with E-state index in [-0.39, 0.29) is 24.6 Å². The summed E-state index contributed by atoms with van der Waals surface area (Å²) in [6, 6.07) is 16.5. The highest BCUT2D eigenvalue weighted by molar-refractivity contribution is 5.81. The molecule has 0 spiro atoms. The Kier molecular flexibility index (Phi) is 11.6. The van der Waals surface area contributed by atoms with Gasteiger partial charge in [0.05, 0.1) is 12.7 Å². The van der Waals surface area contributed by atoms with Crippen LogP contribution in [0.15, 0.2) is 60.9 Å². The summed E-state index contributed by atoms with van der Waals surface area (Å²) in [6.45, 7) is 1.97. The van der Waals surface area contributed by atoms with Crippen LogP contribution in [0.3, 0.4) is 0 Å². The second kappa shape index (κ2) is 15.7. The van der Waals surface area contributed by atoms with Crippen LogP contribution in [0.1, 0.15) is 66.7 Å². The second-order valence-electron chi connectivity index (χ2n) is 12.8. The smallest absolute Gasteiger partial charge is 0.251 e. The maximum Gasteiger partial charge on any atom is 0.251 e. The van der Waals surface area contributed by atoms with E-state index < -0.39 is 36.9 Å². The first-order valence-electron chi connectivity index (χ1n) is 16.4. The van der Waals surface area contributed by atoms with Crippen LogP contribution in [0, 0.1) is 6.92 Å². The standard InChI is InChI=1S/C36H47N3O8/c1-22-8-9-23(24(20-40)5-4-15-38-35(46)34(45)33(44)32(43)30(42)21-41)17-25(22)18-39-36(13-14-36)29-19-37-16-12-27(29)28-6-2-3-7-31(28)47-26-10-11-26/h2-3,6-9,12,16-17,19,24,26,30,32-34,39-45H,4-5,10-11,13-15,18,20-21H2,1H3,(H,38,46). The van der Waals surface area contributed by atoms with E-state index in [1.165, 1.54) is 0 Å². The van der Waals surface area contributed by atoms with Gasteiger partial charge < -0.3 is 46.0 Å². The molecule has 2 saturated carbocycles. The number of aryl methyl sites for hydroxylation is 1. The molecule has 47 heavy (non-hydrogen) atoms. The highest BCUT2D eigenvalue weighted by Crippen LogP contribution is 2.50. The van der Waals surface area contributed by atoms with Crippen LogP contribution in [0.4, 0.5) is 0 Å². The molecule has 2 aromatic carbocycles. The van der Waals surface area contributed by atoms with Crippen molar-refractivity contribution in [2.45, 2.75) is 94.0 Å². The number of carbonyl (C=O) groups excluding carboxylic acids is 1. The van der Waals surface area contributed by atoms with Gasteiger partial charge in [0.2, 0.25) is 0 Å².